The van der Waals surface area contributed by atoms with Crippen molar-refractivity contribution in [1.29, 1.82) is 0 Å². The van der Waals surface area contributed by atoms with Crippen molar-refractivity contribution in [1.82, 2.24) is 19.6 Å². The molecule has 4 heterocycles. The van der Waals surface area contributed by atoms with E-state index < -0.39 is 0 Å². The molecule has 0 saturated carbocycles. The number of fused-ring (bicyclic) bond motifs is 2. The van der Waals surface area contributed by atoms with Gasteiger partial charge in [-0.2, -0.15) is 0 Å². The summed E-state index contributed by atoms with van der Waals surface area (Å²) < 4.78 is 2.14. The number of nitrogens with one attached hydrogen (secondary N) is 1. The number of piperidine rings is 1. The fourth-order valence-corrected chi connectivity index (χ4v) is 3.77. The van der Waals surface area contributed by atoms with Gasteiger partial charge in [-0.05, 0) is 43.9 Å². The summed E-state index contributed by atoms with van der Waals surface area (Å²) in [7, 11) is 0. The second-order valence-electron chi connectivity index (χ2n) is 6.31. The first-order valence-electron chi connectivity index (χ1n) is 7.68. The van der Waals surface area contributed by atoms with Crippen LogP contribution in [0.4, 0.5) is 0 Å². The molecule has 1 N–H and O–H groups in total. The number of aryl methyl sites for hydroxylation is 1. The summed E-state index contributed by atoms with van der Waals surface area (Å²) in [5, 5.41) is 3.67. The standard InChI is InChI=1S/C16H22N4/c1-12-4-3-7-20-10-14(18-16(12)20)9-19-8-13-5-2-6-17-15(13)11-19/h3-4,7,10,13,15,17H,2,5-6,8-9,11H2,1H3/t13-,15+/m0/s1. The molecule has 4 rings (SSSR count). The second-order valence-corrected chi connectivity index (χ2v) is 6.31. The molecule has 0 bridgehead atoms. The molecular formula is C16H22N4. The van der Waals surface area contributed by atoms with E-state index in [1.165, 1.54) is 43.7 Å². The molecule has 0 spiro atoms. The van der Waals surface area contributed by atoms with E-state index in [1.807, 2.05) is 0 Å². The number of hydrogen-bond donors (Lipinski definition) is 1. The van der Waals surface area contributed by atoms with Gasteiger partial charge in [0.05, 0.1) is 5.69 Å². The number of hydrogen-bond acceptors (Lipinski definition) is 3. The van der Waals surface area contributed by atoms with Crippen LogP contribution in [0, 0.1) is 12.8 Å². The molecule has 2 aliphatic rings. The Morgan fingerprint density at radius 2 is 2.35 bits per heavy atom. The zero-order valence-electron chi connectivity index (χ0n) is 12.0. The van der Waals surface area contributed by atoms with Crippen molar-refractivity contribution in [3.63, 3.8) is 0 Å². The van der Waals surface area contributed by atoms with E-state index in [0.717, 1.165) is 18.1 Å². The largest absolute Gasteiger partial charge is 0.312 e. The number of pyridine rings is 1. The highest BCUT2D eigenvalue weighted by Gasteiger charge is 2.34. The average molecular weight is 270 g/mol. The SMILES string of the molecule is Cc1cccn2cc(CN3C[C@@H]4CCCN[C@@H]4C3)nc12. The maximum Gasteiger partial charge on any atom is 0.139 e. The first-order valence-corrected chi connectivity index (χ1v) is 7.68. The van der Waals surface area contributed by atoms with Crippen LogP contribution in [0.3, 0.4) is 0 Å². The number of aromatic nitrogens is 2. The first kappa shape index (κ1) is 12.4. The molecule has 0 aromatic carbocycles. The van der Waals surface area contributed by atoms with Crippen molar-refractivity contribution >= 4 is 5.65 Å². The molecule has 2 saturated heterocycles. The van der Waals surface area contributed by atoms with Crippen LogP contribution < -0.4 is 5.32 Å². The number of nitrogens with zero attached hydrogens (tertiary/aromatic N) is 3. The molecular weight excluding hydrogens is 248 g/mol. The molecule has 0 radical (unpaired) electrons. The summed E-state index contributed by atoms with van der Waals surface area (Å²) in [5.74, 6) is 0.850. The fourth-order valence-electron chi connectivity index (χ4n) is 3.77. The van der Waals surface area contributed by atoms with Crippen LogP contribution in [0.15, 0.2) is 24.5 Å². The molecule has 2 fully saturated rings. The lowest BCUT2D eigenvalue weighted by atomic mass is 9.94. The van der Waals surface area contributed by atoms with Crippen LogP contribution in [0.2, 0.25) is 0 Å². The molecule has 0 amide bonds. The minimum absolute atomic E-state index is 0.711. The van der Waals surface area contributed by atoms with Crippen molar-refractivity contribution in [2.75, 3.05) is 19.6 Å². The highest BCUT2D eigenvalue weighted by molar-refractivity contribution is 5.47. The number of likely N-dealkylation sites (tertiary alicyclic amines) is 1. The summed E-state index contributed by atoms with van der Waals surface area (Å²) in [6, 6.07) is 4.92. The van der Waals surface area contributed by atoms with E-state index in [2.05, 4.69) is 46.1 Å². The lowest BCUT2D eigenvalue weighted by Gasteiger charge is -2.24. The van der Waals surface area contributed by atoms with Gasteiger partial charge in [0.1, 0.15) is 5.65 Å². The van der Waals surface area contributed by atoms with Crippen molar-refractivity contribution in [3.8, 4) is 0 Å². The van der Waals surface area contributed by atoms with Crippen LogP contribution in [-0.4, -0.2) is 40.0 Å². The van der Waals surface area contributed by atoms with Gasteiger partial charge in [0.2, 0.25) is 0 Å². The predicted octanol–water partition coefficient (Wildman–Crippen LogP) is 1.83. The van der Waals surface area contributed by atoms with Gasteiger partial charge >= 0.3 is 0 Å². The molecule has 2 aromatic rings. The Balaban J connectivity index is 1.52. The van der Waals surface area contributed by atoms with E-state index in [9.17, 15) is 0 Å². The molecule has 20 heavy (non-hydrogen) atoms. The molecule has 2 atom stereocenters. The summed E-state index contributed by atoms with van der Waals surface area (Å²) >= 11 is 0. The van der Waals surface area contributed by atoms with E-state index >= 15 is 0 Å². The highest BCUT2D eigenvalue weighted by Crippen LogP contribution is 2.26. The van der Waals surface area contributed by atoms with Crippen LogP contribution in [0.5, 0.6) is 0 Å². The van der Waals surface area contributed by atoms with Crippen molar-refractivity contribution in [2.24, 2.45) is 5.92 Å². The zero-order chi connectivity index (χ0) is 13.5. The minimum Gasteiger partial charge on any atom is -0.312 e. The summed E-state index contributed by atoms with van der Waals surface area (Å²) in [4.78, 5) is 7.35. The predicted molar refractivity (Wildman–Crippen MR) is 79.7 cm³/mol. The molecule has 4 nitrogen and oxygen atoms in total. The summed E-state index contributed by atoms with van der Waals surface area (Å²) in [5.41, 5.74) is 3.53. The van der Waals surface area contributed by atoms with Gasteiger partial charge < -0.3 is 9.72 Å². The van der Waals surface area contributed by atoms with Gasteiger partial charge in [-0.3, -0.25) is 4.90 Å². The van der Waals surface area contributed by atoms with Crippen LogP contribution in [0.1, 0.15) is 24.1 Å². The second kappa shape index (κ2) is 4.86. The third-order valence-corrected chi connectivity index (χ3v) is 4.79. The van der Waals surface area contributed by atoms with Gasteiger partial charge in [-0.1, -0.05) is 6.07 Å². The molecule has 0 unspecified atom stereocenters. The number of rotatable bonds is 2. The molecule has 106 valence electrons. The Hall–Kier alpha value is -1.39. The number of imidazole rings is 1. The Morgan fingerprint density at radius 1 is 1.40 bits per heavy atom. The third kappa shape index (κ3) is 2.13. The van der Waals surface area contributed by atoms with E-state index in [4.69, 9.17) is 4.98 Å². The van der Waals surface area contributed by atoms with Crippen molar-refractivity contribution < 1.29 is 0 Å². The molecule has 0 aliphatic carbocycles. The lowest BCUT2D eigenvalue weighted by Crippen LogP contribution is -2.40. The van der Waals surface area contributed by atoms with Gasteiger partial charge in [-0.25, -0.2) is 4.98 Å². The van der Waals surface area contributed by atoms with Crippen LogP contribution in [-0.2, 0) is 6.54 Å². The van der Waals surface area contributed by atoms with Gasteiger partial charge in [-0.15, -0.1) is 0 Å². The Morgan fingerprint density at radius 3 is 3.20 bits per heavy atom. The quantitative estimate of drug-likeness (QED) is 0.903. The lowest BCUT2D eigenvalue weighted by molar-refractivity contribution is 0.310. The first-order chi connectivity index (χ1) is 9.79. The zero-order valence-corrected chi connectivity index (χ0v) is 12.0. The van der Waals surface area contributed by atoms with Gasteiger partial charge in [0.25, 0.3) is 0 Å². The van der Waals surface area contributed by atoms with Gasteiger partial charge in [0.15, 0.2) is 0 Å². The maximum absolute atomic E-state index is 4.79. The van der Waals surface area contributed by atoms with Crippen LogP contribution in [0.25, 0.3) is 5.65 Å². The fraction of sp³-hybridized carbons (Fsp3) is 0.562. The van der Waals surface area contributed by atoms with Crippen LogP contribution >= 0.6 is 0 Å². The molecule has 4 heteroatoms. The topological polar surface area (TPSA) is 32.6 Å². The smallest absolute Gasteiger partial charge is 0.139 e. The Kier molecular flexibility index (Phi) is 3.00. The Bertz CT molecular complexity index is 604. The van der Waals surface area contributed by atoms with Crippen molar-refractivity contribution in [3.05, 3.63) is 35.8 Å². The summed E-state index contributed by atoms with van der Waals surface area (Å²) in [6.45, 7) is 6.71. The maximum atomic E-state index is 4.79. The highest BCUT2D eigenvalue weighted by atomic mass is 15.2. The third-order valence-electron chi connectivity index (χ3n) is 4.79. The Labute approximate surface area is 119 Å². The van der Waals surface area contributed by atoms with Gasteiger partial charge in [0, 0.05) is 38.1 Å². The summed E-state index contributed by atoms with van der Waals surface area (Å²) in [6.07, 6.45) is 6.99. The molecule has 2 aliphatic heterocycles. The minimum atomic E-state index is 0.711. The van der Waals surface area contributed by atoms with E-state index in [-0.39, 0.29) is 0 Å². The van der Waals surface area contributed by atoms with Crippen molar-refractivity contribution in [2.45, 2.75) is 32.4 Å². The van der Waals surface area contributed by atoms with E-state index in [1.54, 1.807) is 0 Å². The van der Waals surface area contributed by atoms with E-state index in [0.29, 0.717) is 6.04 Å². The monoisotopic (exact) mass is 270 g/mol. The molecule has 2 aromatic heterocycles. The average Bonchev–Trinajstić information content (AvgIpc) is 3.02. The normalized spacial score (nSPS) is 27.1.